The third kappa shape index (κ3) is 3.90. The quantitative estimate of drug-likeness (QED) is 0.810. The zero-order chi connectivity index (χ0) is 13.8. The number of alkyl halides is 3. The molecule has 0 atom stereocenters. The van der Waals surface area contributed by atoms with Gasteiger partial charge in [0.1, 0.15) is 5.82 Å². The van der Waals surface area contributed by atoms with Gasteiger partial charge < -0.3 is 10.6 Å². The Labute approximate surface area is 101 Å². The standard InChI is InChI=1S/C11H12F4N2O/c1-2-16-10(18)17-6-7-5-8(11(13,14)15)3-4-9(7)12/h3-5H,2,6H2,1H3,(H2,16,17,18). The first-order chi connectivity index (χ1) is 8.34. The van der Waals surface area contributed by atoms with Gasteiger partial charge in [-0.05, 0) is 25.1 Å². The van der Waals surface area contributed by atoms with Crippen LogP contribution in [0.25, 0.3) is 0 Å². The van der Waals surface area contributed by atoms with Gasteiger partial charge in [-0.3, -0.25) is 0 Å². The van der Waals surface area contributed by atoms with Crippen LogP contribution in [-0.4, -0.2) is 12.6 Å². The average Bonchev–Trinajstić information content (AvgIpc) is 2.26. The van der Waals surface area contributed by atoms with Gasteiger partial charge in [0.2, 0.25) is 0 Å². The molecule has 2 N–H and O–H groups in total. The summed E-state index contributed by atoms with van der Waals surface area (Å²) in [7, 11) is 0. The normalized spacial score (nSPS) is 11.2. The zero-order valence-corrected chi connectivity index (χ0v) is 9.57. The molecule has 7 heteroatoms. The molecule has 0 radical (unpaired) electrons. The second kappa shape index (κ2) is 5.70. The topological polar surface area (TPSA) is 41.1 Å². The number of urea groups is 1. The lowest BCUT2D eigenvalue weighted by Gasteiger charge is -2.10. The molecular weight excluding hydrogens is 252 g/mol. The van der Waals surface area contributed by atoms with Crippen molar-refractivity contribution in [3.8, 4) is 0 Å². The summed E-state index contributed by atoms with van der Waals surface area (Å²) >= 11 is 0. The zero-order valence-electron chi connectivity index (χ0n) is 9.57. The van der Waals surface area contributed by atoms with Crippen LogP contribution in [0.5, 0.6) is 0 Å². The minimum absolute atomic E-state index is 0.212. The number of rotatable bonds is 3. The monoisotopic (exact) mass is 264 g/mol. The van der Waals surface area contributed by atoms with E-state index in [1.807, 2.05) is 0 Å². The molecule has 0 aromatic heterocycles. The highest BCUT2D eigenvalue weighted by Crippen LogP contribution is 2.30. The Morgan fingerprint density at radius 2 is 1.94 bits per heavy atom. The number of hydrogen-bond donors (Lipinski definition) is 2. The molecule has 0 aliphatic carbocycles. The average molecular weight is 264 g/mol. The summed E-state index contributed by atoms with van der Waals surface area (Å²) in [6.07, 6.45) is -4.53. The van der Waals surface area contributed by atoms with Gasteiger partial charge >= 0.3 is 12.2 Å². The van der Waals surface area contributed by atoms with E-state index in [9.17, 15) is 22.4 Å². The molecule has 0 aliphatic rings. The summed E-state index contributed by atoms with van der Waals surface area (Å²) in [5.41, 5.74) is -1.16. The molecule has 0 heterocycles. The van der Waals surface area contributed by atoms with Crippen molar-refractivity contribution in [1.82, 2.24) is 10.6 Å². The molecule has 18 heavy (non-hydrogen) atoms. The van der Waals surface area contributed by atoms with Crippen LogP contribution in [0, 0.1) is 5.82 Å². The molecule has 1 rings (SSSR count). The van der Waals surface area contributed by atoms with Crippen LogP contribution in [0.15, 0.2) is 18.2 Å². The van der Waals surface area contributed by atoms with Gasteiger partial charge in [0.25, 0.3) is 0 Å². The van der Waals surface area contributed by atoms with Gasteiger partial charge in [0.05, 0.1) is 5.56 Å². The summed E-state index contributed by atoms with van der Waals surface area (Å²) in [6.45, 7) is 1.75. The van der Waals surface area contributed by atoms with Gasteiger partial charge in [0, 0.05) is 18.7 Å². The van der Waals surface area contributed by atoms with Crippen molar-refractivity contribution >= 4 is 6.03 Å². The second-order valence-electron chi connectivity index (χ2n) is 3.52. The molecule has 0 saturated carbocycles. The molecule has 100 valence electrons. The number of hydrogen-bond acceptors (Lipinski definition) is 1. The van der Waals surface area contributed by atoms with Crippen molar-refractivity contribution in [2.45, 2.75) is 19.6 Å². The lowest BCUT2D eigenvalue weighted by molar-refractivity contribution is -0.137. The van der Waals surface area contributed by atoms with Crippen molar-refractivity contribution < 1.29 is 22.4 Å². The van der Waals surface area contributed by atoms with Crippen LogP contribution < -0.4 is 10.6 Å². The molecule has 0 spiro atoms. The number of amides is 2. The number of halogens is 4. The first kappa shape index (κ1) is 14.3. The third-order valence-electron chi connectivity index (χ3n) is 2.15. The van der Waals surface area contributed by atoms with E-state index < -0.39 is 23.6 Å². The molecule has 0 bridgehead atoms. The van der Waals surface area contributed by atoms with Crippen LogP contribution in [0.4, 0.5) is 22.4 Å². The SMILES string of the molecule is CCNC(=O)NCc1cc(C(F)(F)F)ccc1F. The number of carbonyl (C=O) groups is 1. The summed E-state index contributed by atoms with van der Waals surface area (Å²) in [4.78, 5) is 11.0. The largest absolute Gasteiger partial charge is 0.416 e. The highest BCUT2D eigenvalue weighted by molar-refractivity contribution is 5.73. The van der Waals surface area contributed by atoms with Gasteiger partial charge in [-0.2, -0.15) is 13.2 Å². The number of nitrogens with one attached hydrogen (secondary N) is 2. The van der Waals surface area contributed by atoms with E-state index in [-0.39, 0.29) is 12.1 Å². The third-order valence-corrected chi connectivity index (χ3v) is 2.15. The molecule has 1 aromatic carbocycles. The first-order valence-electron chi connectivity index (χ1n) is 5.22. The van der Waals surface area contributed by atoms with Crippen molar-refractivity contribution in [2.75, 3.05) is 6.54 Å². The van der Waals surface area contributed by atoms with E-state index in [0.29, 0.717) is 18.7 Å². The van der Waals surface area contributed by atoms with Crippen LogP contribution in [-0.2, 0) is 12.7 Å². The van der Waals surface area contributed by atoms with Gasteiger partial charge in [-0.25, -0.2) is 9.18 Å². The lowest BCUT2D eigenvalue weighted by Crippen LogP contribution is -2.34. The predicted octanol–water partition coefficient (Wildman–Crippen LogP) is 2.66. The minimum atomic E-state index is -4.53. The summed E-state index contributed by atoms with van der Waals surface area (Å²) in [5.74, 6) is -0.792. The van der Waals surface area contributed by atoms with Crippen LogP contribution in [0.2, 0.25) is 0 Å². The fourth-order valence-electron chi connectivity index (χ4n) is 1.29. The first-order valence-corrected chi connectivity index (χ1v) is 5.22. The summed E-state index contributed by atoms with van der Waals surface area (Å²) < 4.78 is 50.4. The predicted molar refractivity (Wildman–Crippen MR) is 57.3 cm³/mol. The Kier molecular flexibility index (Phi) is 4.52. The van der Waals surface area contributed by atoms with Gasteiger partial charge in [-0.15, -0.1) is 0 Å². The molecule has 0 fully saturated rings. The molecule has 1 aromatic rings. The summed E-state index contributed by atoms with van der Waals surface area (Å²) in [5, 5.41) is 4.65. The molecule has 0 unspecified atom stereocenters. The van der Waals surface area contributed by atoms with E-state index in [1.165, 1.54) is 0 Å². The Morgan fingerprint density at radius 1 is 1.28 bits per heavy atom. The molecule has 2 amide bonds. The van der Waals surface area contributed by atoms with Crippen LogP contribution in [0.3, 0.4) is 0 Å². The number of benzene rings is 1. The van der Waals surface area contributed by atoms with Crippen molar-refractivity contribution in [1.29, 1.82) is 0 Å². The van der Waals surface area contributed by atoms with Gasteiger partial charge in [0.15, 0.2) is 0 Å². The maximum absolute atomic E-state index is 13.3. The van der Waals surface area contributed by atoms with E-state index in [1.54, 1.807) is 6.92 Å². The molecule has 0 aliphatic heterocycles. The van der Waals surface area contributed by atoms with Gasteiger partial charge in [-0.1, -0.05) is 0 Å². The Hall–Kier alpha value is -1.79. The highest BCUT2D eigenvalue weighted by Gasteiger charge is 2.31. The van der Waals surface area contributed by atoms with E-state index >= 15 is 0 Å². The van der Waals surface area contributed by atoms with E-state index in [2.05, 4.69) is 10.6 Å². The lowest BCUT2D eigenvalue weighted by atomic mass is 10.1. The Morgan fingerprint density at radius 3 is 2.50 bits per heavy atom. The molecule has 3 nitrogen and oxygen atoms in total. The van der Waals surface area contributed by atoms with Crippen molar-refractivity contribution in [2.24, 2.45) is 0 Å². The smallest absolute Gasteiger partial charge is 0.338 e. The fraction of sp³-hybridized carbons (Fsp3) is 0.364. The Balaban J connectivity index is 2.79. The maximum atomic E-state index is 13.3. The Bertz CT molecular complexity index is 432. The highest BCUT2D eigenvalue weighted by atomic mass is 19.4. The second-order valence-corrected chi connectivity index (χ2v) is 3.52. The maximum Gasteiger partial charge on any atom is 0.416 e. The summed E-state index contributed by atoms with van der Waals surface area (Å²) in [6, 6.07) is 1.51. The van der Waals surface area contributed by atoms with Crippen molar-refractivity contribution in [3.05, 3.63) is 35.1 Å². The van der Waals surface area contributed by atoms with E-state index in [0.717, 1.165) is 6.07 Å². The van der Waals surface area contributed by atoms with E-state index in [4.69, 9.17) is 0 Å². The number of carbonyl (C=O) groups excluding carboxylic acids is 1. The van der Waals surface area contributed by atoms with Crippen LogP contribution in [0.1, 0.15) is 18.1 Å². The molecule has 0 saturated heterocycles. The van der Waals surface area contributed by atoms with Crippen LogP contribution >= 0.6 is 0 Å². The fourth-order valence-corrected chi connectivity index (χ4v) is 1.29. The van der Waals surface area contributed by atoms with Crippen molar-refractivity contribution in [3.63, 3.8) is 0 Å². The minimum Gasteiger partial charge on any atom is -0.338 e. The molecular formula is C11H12F4N2O.